The molecule has 1 radical (unpaired) electrons. The number of hydrogen-bond donors (Lipinski definition) is 2. The van der Waals surface area contributed by atoms with Crippen molar-refractivity contribution in [3.8, 4) is 0 Å². The molecule has 0 amide bonds. The Hall–Kier alpha value is -0.0800. The van der Waals surface area contributed by atoms with Gasteiger partial charge in [0.25, 0.3) is 0 Å². The van der Waals surface area contributed by atoms with Crippen LogP contribution in [0.2, 0.25) is 0 Å². The molecule has 1 unspecified atom stereocenters. The third-order valence-electron chi connectivity index (χ3n) is 6.93. The molecule has 1 atom stereocenters. The van der Waals surface area contributed by atoms with Crippen LogP contribution in [0.3, 0.4) is 0 Å². The Bertz CT molecular complexity index is 318. The lowest BCUT2D eigenvalue weighted by Gasteiger charge is -2.17. The van der Waals surface area contributed by atoms with Gasteiger partial charge in [0.2, 0.25) is 0 Å². The lowest BCUT2D eigenvalue weighted by atomic mass is 10.1. The third kappa shape index (κ3) is 26.2. The molecule has 0 saturated carbocycles. The van der Waals surface area contributed by atoms with Gasteiger partial charge >= 0.3 is 0 Å². The Kier molecular flexibility index (Phi) is 28.9. The molecule has 0 aliphatic heterocycles. The summed E-state index contributed by atoms with van der Waals surface area (Å²) in [6.45, 7) is 12.3. The number of hydrogen-bond acceptors (Lipinski definition) is 2. The summed E-state index contributed by atoms with van der Waals surface area (Å²) in [6.07, 6.45) is 32.0. The average Bonchev–Trinajstić information content (AvgIpc) is 2.81. The van der Waals surface area contributed by atoms with Gasteiger partial charge in [-0.1, -0.05) is 136 Å². The van der Waals surface area contributed by atoms with Crippen LogP contribution in [0.5, 0.6) is 0 Å². The summed E-state index contributed by atoms with van der Waals surface area (Å²) in [6, 6.07) is 0.618. The second kappa shape index (κ2) is 29.0. The molecule has 0 aliphatic carbocycles. The van der Waals surface area contributed by atoms with Crippen molar-refractivity contribution in [2.24, 2.45) is 0 Å². The average molecular weight is 452 g/mol. The summed E-state index contributed by atoms with van der Waals surface area (Å²) in [5.41, 5.74) is 0. The summed E-state index contributed by atoms with van der Waals surface area (Å²) in [5, 5.41) is 7.40. The van der Waals surface area contributed by atoms with Crippen molar-refractivity contribution in [3.05, 3.63) is 6.92 Å². The highest BCUT2D eigenvalue weighted by Crippen LogP contribution is 2.11. The van der Waals surface area contributed by atoms with E-state index in [9.17, 15) is 0 Å². The Balaban J connectivity index is 3.26. The van der Waals surface area contributed by atoms with Crippen LogP contribution in [0, 0.1) is 6.92 Å². The van der Waals surface area contributed by atoms with Gasteiger partial charge in [0, 0.05) is 6.04 Å². The van der Waals surface area contributed by atoms with Crippen LogP contribution >= 0.6 is 0 Å². The summed E-state index contributed by atoms with van der Waals surface area (Å²) in [7, 11) is 0. The lowest BCUT2D eigenvalue weighted by molar-refractivity contribution is 0.446. The molecule has 0 bridgehead atoms. The van der Waals surface area contributed by atoms with Gasteiger partial charge in [-0.2, -0.15) is 0 Å². The molecule has 32 heavy (non-hydrogen) atoms. The number of rotatable bonds is 28. The van der Waals surface area contributed by atoms with Crippen LogP contribution < -0.4 is 10.6 Å². The molecule has 0 fully saturated rings. The van der Waals surface area contributed by atoms with E-state index in [1.807, 2.05) is 0 Å². The van der Waals surface area contributed by atoms with Crippen LogP contribution in [0.25, 0.3) is 0 Å². The highest BCUT2D eigenvalue weighted by molar-refractivity contribution is 4.69. The van der Waals surface area contributed by atoms with Crippen molar-refractivity contribution in [1.82, 2.24) is 10.6 Å². The fourth-order valence-electron chi connectivity index (χ4n) is 4.60. The third-order valence-corrected chi connectivity index (χ3v) is 6.93. The van der Waals surface area contributed by atoms with Crippen molar-refractivity contribution in [3.63, 3.8) is 0 Å². The molecule has 0 aromatic heterocycles. The van der Waals surface area contributed by atoms with E-state index in [1.165, 1.54) is 161 Å². The SMILES string of the molecule is [CH2]CC(CCCNCCCCCCCCCCCC)NCCCCCCCCCCCC. The Morgan fingerprint density at radius 1 is 0.469 bits per heavy atom. The van der Waals surface area contributed by atoms with Crippen molar-refractivity contribution in [2.45, 2.75) is 168 Å². The molecule has 0 heterocycles. The Labute approximate surface area is 204 Å². The first kappa shape index (κ1) is 31.9. The van der Waals surface area contributed by atoms with Crippen molar-refractivity contribution in [2.75, 3.05) is 19.6 Å². The van der Waals surface area contributed by atoms with E-state index in [2.05, 4.69) is 31.4 Å². The normalized spacial score (nSPS) is 12.5. The fraction of sp³-hybridized carbons (Fsp3) is 0.967. The first-order chi connectivity index (χ1) is 15.8. The maximum absolute atomic E-state index is 4.16. The Morgan fingerprint density at radius 3 is 1.28 bits per heavy atom. The second-order valence-corrected chi connectivity index (χ2v) is 10.2. The van der Waals surface area contributed by atoms with Crippen LogP contribution in [-0.2, 0) is 0 Å². The molecule has 193 valence electrons. The Morgan fingerprint density at radius 2 is 0.844 bits per heavy atom. The second-order valence-electron chi connectivity index (χ2n) is 10.2. The van der Waals surface area contributed by atoms with Gasteiger partial charge in [-0.15, -0.1) is 0 Å². The smallest absolute Gasteiger partial charge is 0.00675 e. The molecule has 0 rings (SSSR count). The van der Waals surface area contributed by atoms with Gasteiger partial charge < -0.3 is 10.6 Å². The van der Waals surface area contributed by atoms with E-state index >= 15 is 0 Å². The minimum atomic E-state index is 0.618. The first-order valence-corrected chi connectivity index (χ1v) is 15.1. The molecule has 2 heteroatoms. The summed E-state index contributed by atoms with van der Waals surface area (Å²) >= 11 is 0. The van der Waals surface area contributed by atoms with Gasteiger partial charge in [-0.3, -0.25) is 0 Å². The molecule has 2 N–H and O–H groups in total. The maximum Gasteiger partial charge on any atom is 0.00675 e. The van der Waals surface area contributed by atoms with Crippen molar-refractivity contribution >= 4 is 0 Å². The van der Waals surface area contributed by atoms with E-state index in [0.717, 1.165) is 6.42 Å². The van der Waals surface area contributed by atoms with Crippen LogP contribution in [-0.4, -0.2) is 25.7 Å². The molecule has 2 nitrogen and oxygen atoms in total. The van der Waals surface area contributed by atoms with Gasteiger partial charge in [0.15, 0.2) is 0 Å². The monoisotopic (exact) mass is 451 g/mol. The van der Waals surface area contributed by atoms with E-state index in [0.29, 0.717) is 6.04 Å². The zero-order valence-electron chi connectivity index (χ0n) is 22.7. The van der Waals surface area contributed by atoms with Gasteiger partial charge in [0.05, 0.1) is 0 Å². The largest absolute Gasteiger partial charge is 0.317 e. The fourth-order valence-corrected chi connectivity index (χ4v) is 4.60. The molecular formula is C30H63N2. The van der Waals surface area contributed by atoms with Crippen LogP contribution in [0.15, 0.2) is 0 Å². The lowest BCUT2D eigenvalue weighted by Crippen LogP contribution is -2.30. The molecule has 0 aromatic rings. The summed E-state index contributed by atoms with van der Waals surface area (Å²) in [5.74, 6) is 0. The van der Waals surface area contributed by atoms with Crippen molar-refractivity contribution < 1.29 is 0 Å². The minimum absolute atomic E-state index is 0.618. The molecule has 0 aliphatic rings. The maximum atomic E-state index is 4.16. The van der Waals surface area contributed by atoms with E-state index in [4.69, 9.17) is 0 Å². The molecule has 0 saturated heterocycles. The van der Waals surface area contributed by atoms with E-state index in [1.54, 1.807) is 0 Å². The zero-order valence-corrected chi connectivity index (χ0v) is 22.7. The van der Waals surface area contributed by atoms with E-state index < -0.39 is 0 Å². The predicted molar refractivity (Wildman–Crippen MR) is 148 cm³/mol. The zero-order chi connectivity index (χ0) is 23.4. The van der Waals surface area contributed by atoms with Gasteiger partial charge in [-0.25, -0.2) is 0 Å². The van der Waals surface area contributed by atoms with E-state index in [-0.39, 0.29) is 0 Å². The molecule has 0 aromatic carbocycles. The number of nitrogens with one attached hydrogen (secondary N) is 2. The molecule has 0 spiro atoms. The minimum Gasteiger partial charge on any atom is -0.317 e. The van der Waals surface area contributed by atoms with Crippen molar-refractivity contribution in [1.29, 1.82) is 0 Å². The topological polar surface area (TPSA) is 24.1 Å². The highest BCUT2D eigenvalue weighted by Gasteiger charge is 2.04. The first-order valence-electron chi connectivity index (χ1n) is 15.1. The van der Waals surface area contributed by atoms with Gasteiger partial charge in [0.1, 0.15) is 0 Å². The van der Waals surface area contributed by atoms with Crippen LogP contribution in [0.1, 0.15) is 162 Å². The van der Waals surface area contributed by atoms with Crippen LogP contribution in [0.4, 0.5) is 0 Å². The number of unbranched alkanes of at least 4 members (excludes halogenated alkanes) is 18. The van der Waals surface area contributed by atoms with Gasteiger partial charge in [-0.05, 0) is 51.7 Å². The highest BCUT2D eigenvalue weighted by atomic mass is 14.9. The predicted octanol–water partition coefficient (Wildman–Crippen LogP) is 9.38. The quantitative estimate of drug-likeness (QED) is 0.116. The standard InChI is InChI=1S/C30H63N2/c1-4-7-9-11-13-15-17-19-21-23-27-31-28-25-26-30(6-3)32-29-24-22-20-18-16-14-12-10-8-5-2/h30-32H,3-29H2,1-2H3. The molecular weight excluding hydrogens is 388 g/mol. The summed E-state index contributed by atoms with van der Waals surface area (Å²) in [4.78, 5) is 0. The summed E-state index contributed by atoms with van der Waals surface area (Å²) < 4.78 is 0.